The fraction of sp³-hybridized carbons (Fsp3) is 0.350. The number of nitrogens with zero attached hydrogens (tertiary/aromatic N) is 1. The summed E-state index contributed by atoms with van der Waals surface area (Å²) < 4.78 is 34.4. The third kappa shape index (κ3) is 4.63. The Hall–Kier alpha value is -2.78. The summed E-state index contributed by atoms with van der Waals surface area (Å²) >= 11 is 0. The SMILES string of the molecule is COc1ccc(C(=O)CN(c2cccc(O)c2)[C@@H]2CS(=O)(=O)C[C@H]2O)cc1OC. The molecular weight excluding hydrogens is 398 g/mol. The van der Waals surface area contributed by atoms with Gasteiger partial charge in [0.05, 0.1) is 44.4 Å². The quantitative estimate of drug-likeness (QED) is 0.643. The number of carbonyl (C=O) groups excluding carboxylic acids is 1. The van der Waals surface area contributed by atoms with E-state index >= 15 is 0 Å². The Kier molecular flexibility index (Phi) is 5.99. The first-order chi connectivity index (χ1) is 13.7. The summed E-state index contributed by atoms with van der Waals surface area (Å²) in [6.07, 6.45) is -1.14. The number of ether oxygens (including phenoxy) is 2. The predicted octanol–water partition coefficient (Wildman–Crippen LogP) is 1.26. The van der Waals surface area contributed by atoms with Gasteiger partial charge in [-0.1, -0.05) is 6.07 Å². The van der Waals surface area contributed by atoms with Crippen molar-refractivity contribution in [1.29, 1.82) is 0 Å². The summed E-state index contributed by atoms with van der Waals surface area (Å²) in [4.78, 5) is 14.5. The molecule has 2 N–H and O–H groups in total. The van der Waals surface area contributed by atoms with Crippen molar-refractivity contribution in [2.24, 2.45) is 0 Å². The molecule has 0 saturated carbocycles. The van der Waals surface area contributed by atoms with Crippen LogP contribution < -0.4 is 14.4 Å². The average molecular weight is 421 g/mol. The Labute approximate surface area is 169 Å². The van der Waals surface area contributed by atoms with Crippen molar-refractivity contribution in [3.05, 3.63) is 48.0 Å². The highest BCUT2D eigenvalue weighted by Gasteiger charge is 2.41. The molecule has 0 unspecified atom stereocenters. The summed E-state index contributed by atoms with van der Waals surface area (Å²) in [7, 11) is -0.476. The first kappa shape index (κ1) is 20.9. The topological polar surface area (TPSA) is 113 Å². The van der Waals surface area contributed by atoms with Crippen LogP contribution in [0.2, 0.25) is 0 Å². The van der Waals surface area contributed by atoms with Crippen LogP contribution in [0.1, 0.15) is 10.4 Å². The highest BCUT2D eigenvalue weighted by Crippen LogP contribution is 2.30. The first-order valence-electron chi connectivity index (χ1n) is 8.93. The number of benzene rings is 2. The number of hydrogen-bond acceptors (Lipinski definition) is 8. The van der Waals surface area contributed by atoms with Crippen molar-refractivity contribution in [2.75, 3.05) is 37.2 Å². The molecule has 0 bridgehead atoms. The lowest BCUT2D eigenvalue weighted by molar-refractivity contribution is 0.0990. The van der Waals surface area contributed by atoms with Crippen LogP contribution in [-0.4, -0.2) is 68.8 Å². The highest BCUT2D eigenvalue weighted by atomic mass is 32.2. The van der Waals surface area contributed by atoms with Gasteiger partial charge in [-0.25, -0.2) is 8.42 Å². The third-order valence-electron chi connectivity index (χ3n) is 4.87. The number of rotatable bonds is 7. The van der Waals surface area contributed by atoms with E-state index in [1.54, 1.807) is 30.3 Å². The number of hydrogen-bond donors (Lipinski definition) is 2. The number of aliphatic hydroxyl groups is 1. The van der Waals surface area contributed by atoms with Crippen molar-refractivity contribution in [3.63, 3.8) is 0 Å². The second-order valence-electron chi connectivity index (χ2n) is 6.85. The molecular formula is C20H23NO7S. The summed E-state index contributed by atoms with van der Waals surface area (Å²) in [6.45, 7) is -0.184. The van der Waals surface area contributed by atoms with E-state index in [2.05, 4.69) is 0 Å². The fourth-order valence-corrected chi connectivity index (χ4v) is 5.24. The Morgan fingerprint density at radius 3 is 2.41 bits per heavy atom. The average Bonchev–Trinajstić information content (AvgIpc) is 2.97. The third-order valence-corrected chi connectivity index (χ3v) is 6.57. The van der Waals surface area contributed by atoms with Gasteiger partial charge in [-0.2, -0.15) is 0 Å². The van der Waals surface area contributed by atoms with E-state index in [4.69, 9.17) is 9.47 Å². The van der Waals surface area contributed by atoms with Crippen molar-refractivity contribution < 1.29 is 32.9 Å². The summed E-state index contributed by atoms with van der Waals surface area (Å²) in [5, 5.41) is 20.2. The minimum absolute atomic E-state index is 0.0265. The van der Waals surface area contributed by atoms with E-state index in [-0.39, 0.29) is 29.6 Å². The number of phenolic OH excluding ortho intramolecular Hbond substituents is 1. The molecule has 156 valence electrons. The van der Waals surface area contributed by atoms with E-state index in [1.807, 2.05) is 0 Å². The molecule has 1 aliphatic heterocycles. The molecule has 1 saturated heterocycles. The van der Waals surface area contributed by atoms with Crippen LogP contribution >= 0.6 is 0 Å². The maximum atomic E-state index is 13.0. The monoisotopic (exact) mass is 421 g/mol. The van der Waals surface area contributed by atoms with Crippen LogP contribution in [0.15, 0.2) is 42.5 Å². The summed E-state index contributed by atoms with van der Waals surface area (Å²) in [5.74, 6) is -0.0928. The molecule has 1 aliphatic rings. The second kappa shape index (κ2) is 8.30. The number of aliphatic hydroxyl groups excluding tert-OH is 1. The molecule has 8 nitrogen and oxygen atoms in total. The zero-order valence-corrected chi connectivity index (χ0v) is 16.9. The Bertz CT molecular complexity index is 1010. The number of carbonyl (C=O) groups is 1. The lowest BCUT2D eigenvalue weighted by Gasteiger charge is -2.32. The molecule has 1 fully saturated rings. The van der Waals surface area contributed by atoms with E-state index in [0.717, 1.165) is 0 Å². The number of sulfone groups is 1. The van der Waals surface area contributed by atoms with Gasteiger partial charge in [-0.05, 0) is 30.3 Å². The number of anilines is 1. The molecule has 29 heavy (non-hydrogen) atoms. The van der Waals surface area contributed by atoms with Crippen molar-refractivity contribution in [3.8, 4) is 17.2 Å². The zero-order chi connectivity index (χ0) is 21.2. The summed E-state index contributed by atoms with van der Waals surface area (Å²) in [6, 6.07) is 10.1. The molecule has 0 amide bonds. The largest absolute Gasteiger partial charge is 0.508 e. The number of Topliss-reactive ketones (excluding diaryl/α,β-unsaturated/α-hetero) is 1. The fourth-order valence-electron chi connectivity index (χ4n) is 3.44. The van der Waals surface area contributed by atoms with Gasteiger partial charge < -0.3 is 24.6 Å². The van der Waals surface area contributed by atoms with Crippen molar-refractivity contribution in [2.45, 2.75) is 12.1 Å². The van der Waals surface area contributed by atoms with Crippen molar-refractivity contribution in [1.82, 2.24) is 0 Å². The van der Waals surface area contributed by atoms with Crippen LogP contribution in [0.25, 0.3) is 0 Å². The van der Waals surface area contributed by atoms with Gasteiger partial charge in [0.1, 0.15) is 5.75 Å². The van der Waals surface area contributed by atoms with Gasteiger partial charge >= 0.3 is 0 Å². The second-order valence-corrected chi connectivity index (χ2v) is 9.01. The van der Waals surface area contributed by atoms with Gasteiger partial charge in [-0.3, -0.25) is 4.79 Å². The van der Waals surface area contributed by atoms with Crippen LogP contribution in [0, 0.1) is 0 Å². The van der Waals surface area contributed by atoms with E-state index in [1.165, 1.54) is 31.3 Å². The van der Waals surface area contributed by atoms with Gasteiger partial charge in [0.25, 0.3) is 0 Å². The number of aromatic hydroxyl groups is 1. The first-order valence-corrected chi connectivity index (χ1v) is 10.8. The highest BCUT2D eigenvalue weighted by molar-refractivity contribution is 7.91. The van der Waals surface area contributed by atoms with Crippen LogP contribution in [0.3, 0.4) is 0 Å². The molecule has 9 heteroatoms. The molecule has 0 aromatic heterocycles. The lowest BCUT2D eigenvalue weighted by atomic mass is 10.1. The smallest absolute Gasteiger partial charge is 0.182 e. The summed E-state index contributed by atoms with van der Waals surface area (Å²) in [5.41, 5.74) is 0.795. The predicted molar refractivity (Wildman–Crippen MR) is 108 cm³/mol. The maximum absolute atomic E-state index is 13.0. The van der Waals surface area contributed by atoms with Gasteiger partial charge in [0.15, 0.2) is 27.1 Å². The Morgan fingerprint density at radius 2 is 1.83 bits per heavy atom. The molecule has 0 aliphatic carbocycles. The molecule has 2 aromatic rings. The van der Waals surface area contributed by atoms with Gasteiger partial charge in [0, 0.05) is 17.3 Å². The van der Waals surface area contributed by atoms with Crippen LogP contribution in [0.5, 0.6) is 17.2 Å². The van der Waals surface area contributed by atoms with Crippen LogP contribution in [-0.2, 0) is 9.84 Å². The Morgan fingerprint density at radius 1 is 1.10 bits per heavy atom. The lowest BCUT2D eigenvalue weighted by Crippen LogP contribution is -2.46. The molecule has 3 rings (SSSR count). The maximum Gasteiger partial charge on any atom is 0.182 e. The standard InChI is InChI=1S/C20H23NO7S/c1-27-19-7-6-13(8-20(19)28-2)17(23)10-21(14-4-3-5-15(22)9-14)16-11-29(25,26)12-18(16)24/h3-9,16,18,22,24H,10-12H2,1-2H3/t16-,18-/m1/s1. The molecule has 1 heterocycles. The van der Waals surface area contributed by atoms with Crippen LogP contribution in [0.4, 0.5) is 5.69 Å². The minimum Gasteiger partial charge on any atom is -0.508 e. The number of phenols is 1. The van der Waals surface area contributed by atoms with E-state index in [0.29, 0.717) is 22.7 Å². The molecule has 0 spiro atoms. The number of ketones is 1. The molecule has 0 radical (unpaired) electrons. The number of methoxy groups -OCH3 is 2. The minimum atomic E-state index is -3.43. The molecule has 2 atom stereocenters. The van der Waals surface area contributed by atoms with E-state index in [9.17, 15) is 23.4 Å². The Balaban J connectivity index is 1.94. The molecule has 2 aromatic carbocycles. The van der Waals surface area contributed by atoms with Crippen molar-refractivity contribution >= 4 is 21.3 Å². The zero-order valence-electron chi connectivity index (χ0n) is 16.1. The van der Waals surface area contributed by atoms with Gasteiger partial charge in [0.2, 0.25) is 0 Å². The normalized spacial score (nSPS) is 20.2. The van der Waals surface area contributed by atoms with Gasteiger partial charge in [-0.15, -0.1) is 0 Å². The van der Waals surface area contributed by atoms with E-state index < -0.39 is 22.0 Å².